The Morgan fingerprint density at radius 2 is 2.38 bits per heavy atom. The fourth-order valence-corrected chi connectivity index (χ4v) is 3.16. The van der Waals surface area contributed by atoms with Crippen LogP contribution in [0.3, 0.4) is 0 Å². The highest BCUT2D eigenvalue weighted by atomic mass is 32.1. The molecular weight excluding hydrogens is 290 g/mol. The summed E-state index contributed by atoms with van der Waals surface area (Å²) < 4.78 is 5.43. The number of nitro benzene ring substituents is 1. The Bertz CT molecular complexity index is 665. The number of nitro groups is 1. The Morgan fingerprint density at radius 3 is 3.10 bits per heavy atom. The molecule has 0 radical (unpaired) electrons. The highest BCUT2D eigenvalue weighted by Gasteiger charge is 2.20. The zero-order valence-corrected chi connectivity index (χ0v) is 12.4. The van der Waals surface area contributed by atoms with Crippen molar-refractivity contribution >= 4 is 17.0 Å². The van der Waals surface area contributed by atoms with Gasteiger partial charge in [0.05, 0.1) is 29.9 Å². The molecule has 6 nitrogen and oxygen atoms in total. The van der Waals surface area contributed by atoms with E-state index in [-0.39, 0.29) is 16.7 Å². The van der Waals surface area contributed by atoms with Crippen molar-refractivity contribution < 1.29 is 9.66 Å². The molecule has 1 saturated heterocycles. The molecule has 0 saturated carbocycles. The maximum absolute atomic E-state index is 11.0. The minimum Gasteiger partial charge on any atom is -0.378 e. The molecule has 0 amide bonds. The summed E-state index contributed by atoms with van der Waals surface area (Å²) in [6, 6.07) is 5.32. The molecule has 1 aliphatic rings. The van der Waals surface area contributed by atoms with E-state index in [1.54, 1.807) is 30.4 Å². The van der Waals surface area contributed by atoms with E-state index < -0.39 is 0 Å². The number of thiazole rings is 1. The second-order valence-corrected chi connectivity index (χ2v) is 5.80. The van der Waals surface area contributed by atoms with Crippen LogP contribution >= 0.6 is 11.3 Å². The number of nitrogens with one attached hydrogen (secondary N) is 1. The second kappa shape index (κ2) is 5.88. The van der Waals surface area contributed by atoms with Gasteiger partial charge in [-0.2, -0.15) is 0 Å². The second-order valence-electron chi connectivity index (χ2n) is 4.91. The molecular formula is C14H15N3O3S. The van der Waals surface area contributed by atoms with Crippen LogP contribution in [-0.4, -0.2) is 29.7 Å². The lowest BCUT2D eigenvalue weighted by atomic mass is 10.1. The van der Waals surface area contributed by atoms with Gasteiger partial charge >= 0.3 is 0 Å². The lowest BCUT2D eigenvalue weighted by Crippen LogP contribution is -2.34. The van der Waals surface area contributed by atoms with Crippen LogP contribution in [0.4, 0.5) is 5.69 Å². The summed E-state index contributed by atoms with van der Waals surface area (Å²) in [6.45, 7) is 3.88. The molecule has 1 fully saturated rings. The van der Waals surface area contributed by atoms with E-state index in [1.165, 1.54) is 0 Å². The van der Waals surface area contributed by atoms with E-state index in [9.17, 15) is 10.1 Å². The summed E-state index contributed by atoms with van der Waals surface area (Å²) in [6.07, 6.45) is 0. The van der Waals surface area contributed by atoms with Gasteiger partial charge in [-0.3, -0.25) is 10.1 Å². The minimum absolute atomic E-state index is 0.109. The Morgan fingerprint density at radius 1 is 1.52 bits per heavy atom. The fraction of sp³-hybridized carbons (Fsp3) is 0.357. The predicted octanol–water partition coefficient (Wildman–Crippen LogP) is 2.69. The molecule has 7 heteroatoms. The smallest absolute Gasteiger partial charge is 0.272 e. The molecule has 1 atom stereocenters. The summed E-state index contributed by atoms with van der Waals surface area (Å²) >= 11 is 1.55. The number of ether oxygens (including phenoxy) is 1. The molecule has 2 heterocycles. The van der Waals surface area contributed by atoms with E-state index in [4.69, 9.17) is 4.74 Å². The third kappa shape index (κ3) is 2.94. The van der Waals surface area contributed by atoms with Crippen LogP contribution in [0.2, 0.25) is 0 Å². The fourth-order valence-electron chi connectivity index (χ4n) is 2.27. The molecule has 1 aliphatic heterocycles. The molecule has 1 N–H and O–H groups in total. The number of hydrogen-bond donors (Lipinski definition) is 1. The van der Waals surface area contributed by atoms with E-state index in [1.807, 2.05) is 11.4 Å². The number of benzene rings is 1. The number of aromatic nitrogens is 1. The first-order valence-electron chi connectivity index (χ1n) is 6.67. The van der Waals surface area contributed by atoms with E-state index >= 15 is 0 Å². The lowest BCUT2D eigenvalue weighted by molar-refractivity contribution is -0.385. The molecule has 2 aromatic rings. The molecule has 110 valence electrons. The molecule has 1 aromatic carbocycles. The Labute approximate surface area is 125 Å². The first-order valence-corrected chi connectivity index (χ1v) is 7.55. The highest BCUT2D eigenvalue weighted by Crippen LogP contribution is 2.30. The molecule has 1 unspecified atom stereocenters. The maximum atomic E-state index is 11.0. The van der Waals surface area contributed by atoms with Crippen LogP contribution in [0.5, 0.6) is 0 Å². The summed E-state index contributed by atoms with van der Waals surface area (Å²) in [7, 11) is 0. The topological polar surface area (TPSA) is 77.3 Å². The standard InChI is InChI=1S/C14H15N3O3S/c1-9-2-3-10(6-13(9)17(18)19)12-8-21-14(16-12)11-7-20-5-4-15-11/h2-3,6,8,11,15H,4-5,7H2,1H3. The van der Waals surface area contributed by atoms with Gasteiger partial charge < -0.3 is 10.1 Å². The van der Waals surface area contributed by atoms with E-state index in [0.29, 0.717) is 12.2 Å². The number of rotatable bonds is 3. The highest BCUT2D eigenvalue weighted by molar-refractivity contribution is 7.10. The van der Waals surface area contributed by atoms with E-state index in [0.717, 1.165) is 29.4 Å². The average Bonchev–Trinajstić information content (AvgIpc) is 2.98. The zero-order chi connectivity index (χ0) is 14.8. The van der Waals surface area contributed by atoms with Crippen molar-refractivity contribution in [2.24, 2.45) is 0 Å². The van der Waals surface area contributed by atoms with Gasteiger partial charge in [0.1, 0.15) is 5.01 Å². The van der Waals surface area contributed by atoms with Crippen LogP contribution in [0.1, 0.15) is 16.6 Å². The number of hydrogen-bond acceptors (Lipinski definition) is 6. The Kier molecular flexibility index (Phi) is 3.96. The summed E-state index contributed by atoms with van der Waals surface area (Å²) in [4.78, 5) is 15.2. The van der Waals surface area contributed by atoms with Gasteiger partial charge in [0.25, 0.3) is 5.69 Å². The van der Waals surface area contributed by atoms with E-state index in [2.05, 4.69) is 10.3 Å². The minimum atomic E-state index is -0.358. The Hall–Kier alpha value is -1.83. The van der Waals surface area contributed by atoms with Crippen molar-refractivity contribution in [2.45, 2.75) is 13.0 Å². The van der Waals surface area contributed by atoms with Crippen LogP contribution in [0.15, 0.2) is 23.6 Å². The monoisotopic (exact) mass is 305 g/mol. The molecule has 0 aliphatic carbocycles. The SMILES string of the molecule is Cc1ccc(-c2csc(C3COCCN3)n2)cc1[N+](=O)[O-]. The quantitative estimate of drug-likeness (QED) is 0.697. The zero-order valence-electron chi connectivity index (χ0n) is 11.5. The van der Waals surface area contributed by atoms with Crippen LogP contribution in [0.25, 0.3) is 11.3 Å². The predicted molar refractivity (Wildman–Crippen MR) is 80.5 cm³/mol. The number of nitrogens with zero attached hydrogens (tertiary/aromatic N) is 2. The first kappa shape index (κ1) is 14.1. The Balaban J connectivity index is 1.89. The van der Waals surface area contributed by atoms with Crippen molar-refractivity contribution in [3.63, 3.8) is 0 Å². The summed E-state index contributed by atoms with van der Waals surface area (Å²) in [5, 5.41) is 17.3. The number of aryl methyl sites for hydroxylation is 1. The largest absolute Gasteiger partial charge is 0.378 e. The van der Waals surface area contributed by atoms with Gasteiger partial charge in [-0.15, -0.1) is 11.3 Å². The normalized spacial score (nSPS) is 18.6. The molecule has 21 heavy (non-hydrogen) atoms. The summed E-state index contributed by atoms with van der Waals surface area (Å²) in [5.74, 6) is 0. The molecule has 0 bridgehead atoms. The average molecular weight is 305 g/mol. The molecule has 3 rings (SSSR count). The summed E-state index contributed by atoms with van der Waals surface area (Å²) in [5.41, 5.74) is 2.32. The van der Waals surface area contributed by atoms with Crippen molar-refractivity contribution in [1.82, 2.24) is 10.3 Å². The van der Waals surface area contributed by atoms with Crippen molar-refractivity contribution in [3.05, 3.63) is 44.3 Å². The van der Waals surface area contributed by atoms with Crippen molar-refractivity contribution in [1.29, 1.82) is 0 Å². The van der Waals surface area contributed by atoms with Gasteiger partial charge in [0.15, 0.2) is 0 Å². The lowest BCUT2D eigenvalue weighted by Gasteiger charge is -2.21. The third-order valence-corrected chi connectivity index (χ3v) is 4.40. The molecule has 0 spiro atoms. The van der Waals surface area contributed by atoms with Crippen LogP contribution < -0.4 is 5.32 Å². The van der Waals surface area contributed by atoms with Crippen molar-refractivity contribution in [3.8, 4) is 11.3 Å². The van der Waals surface area contributed by atoms with Gasteiger partial charge in [0, 0.05) is 29.1 Å². The van der Waals surface area contributed by atoms with Gasteiger partial charge in [-0.1, -0.05) is 12.1 Å². The third-order valence-electron chi connectivity index (χ3n) is 3.44. The van der Waals surface area contributed by atoms with Crippen molar-refractivity contribution in [2.75, 3.05) is 19.8 Å². The number of morpholine rings is 1. The van der Waals surface area contributed by atoms with Gasteiger partial charge in [0.2, 0.25) is 0 Å². The van der Waals surface area contributed by atoms with Crippen LogP contribution in [-0.2, 0) is 4.74 Å². The molecule has 1 aromatic heterocycles. The van der Waals surface area contributed by atoms with Gasteiger partial charge in [-0.25, -0.2) is 4.98 Å². The first-order chi connectivity index (χ1) is 10.1. The van der Waals surface area contributed by atoms with Gasteiger partial charge in [-0.05, 0) is 6.92 Å². The van der Waals surface area contributed by atoms with Crippen LogP contribution in [0, 0.1) is 17.0 Å². The maximum Gasteiger partial charge on any atom is 0.272 e.